The Morgan fingerprint density at radius 1 is 1.10 bits per heavy atom. The van der Waals surface area contributed by atoms with E-state index in [-0.39, 0.29) is 23.0 Å². The fraction of sp³-hybridized carbons (Fsp3) is 0.538. The van der Waals surface area contributed by atoms with E-state index >= 15 is 0 Å². The zero-order chi connectivity index (χ0) is 16.3. The molecule has 0 unspecified atom stereocenters. The average Bonchev–Trinajstić information content (AvgIpc) is 2.32. The molecule has 0 saturated carbocycles. The molecule has 1 aromatic rings. The van der Waals surface area contributed by atoms with Crippen LogP contribution >= 0.6 is 10.7 Å². The van der Waals surface area contributed by atoms with Crippen LogP contribution in [0, 0.1) is 13.8 Å². The molecule has 0 atom stereocenters. The van der Waals surface area contributed by atoms with Gasteiger partial charge in [-0.15, -0.1) is 0 Å². The van der Waals surface area contributed by atoms with Crippen LogP contribution in [0.4, 0.5) is 0 Å². The van der Waals surface area contributed by atoms with Crippen molar-refractivity contribution in [2.24, 2.45) is 0 Å². The highest BCUT2D eigenvalue weighted by Crippen LogP contribution is 2.28. The summed E-state index contributed by atoms with van der Waals surface area (Å²) in [5.74, 6) is 0.700. The molecule has 1 aromatic carbocycles. The standard InChI is InChI=1S/C13H19ClO5S2/c1-4-20(15,16)7-5-6-19-12-8-10(2)13(11(3)9-12)21(14,17)18/h8-9H,4-7H2,1-3H3. The van der Waals surface area contributed by atoms with Crippen molar-refractivity contribution in [3.8, 4) is 5.75 Å². The van der Waals surface area contributed by atoms with Gasteiger partial charge in [-0.3, -0.25) is 0 Å². The minimum absolute atomic E-state index is 0.0790. The Kier molecular flexibility index (Phi) is 6.07. The fourth-order valence-electron chi connectivity index (χ4n) is 1.99. The van der Waals surface area contributed by atoms with Gasteiger partial charge in [-0.1, -0.05) is 6.92 Å². The van der Waals surface area contributed by atoms with Crippen LogP contribution in [0.1, 0.15) is 24.5 Å². The maximum absolute atomic E-state index is 11.4. The lowest BCUT2D eigenvalue weighted by Crippen LogP contribution is -2.12. The van der Waals surface area contributed by atoms with Crippen molar-refractivity contribution in [1.82, 2.24) is 0 Å². The predicted molar refractivity (Wildman–Crippen MR) is 83.4 cm³/mol. The second kappa shape index (κ2) is 6.98. The van der Waals surface area contributed by atoms with Gasteiger partial charge in [0, 0.05) is 16.4 Å². The van der Waals surface area contributed by atoms with Crippen LogP contribution < -0.4 is 4.74 Å². The van der Waals surface area contributed by atoms with Crippen LogP contribution in [0.15, 0.2) is 17.0 Å². The normalized spacial score (nSPS) is 12.4. The molecule has 0 saturated heterocycles. The Morgan fingerprint density at radius 3 is 2.05 bits per heavy atom. The van der Waals surface area contributed by atoms with E-state index in [9.17, 15) is 16.8 Å². The lowest BCUT2D eigenvalue weighted by molar-refractivity contribution is 0.317. The highest BCUT2D eigenvalue weighted by molar-refractivity contribution is 8.13. The molecule has 120 valence electrons. The fourth-order valence-corrected chi connectivity index (χ4v) is 4.46. The van der Waals surface area contributed by atoms with Gasteiger partial charge in [0.15, 0.2) is 0 Å². The Labute approximate surface area is 130 Å². The van der Waals surface area contributed by atoms with E-state index in [0.717, 1.165) is 0 Å². The lowest BCUT2D eigenvalue weighted by atomic mass is 10.1. The smallest absolute Gasteiger partial charge is 0.261 e. The van der Waals surface area contributed by atoms with E-state index in [4.69, 9.17) is 15.4 Å². The monoisotopic (exact) mass is 354 g/mol. The van der Waals surface area contributed by atoms with Gasteiger partial charge in [-0.05, 0) is 43.5 Å². The number of ether oxygens (including phenoxy) is 1. The lowest BCUT2D eigenvalue weighted by Gasteiger charge is -2.11. The largest absolute Gasteiger partial charge is 0.494 e. The van der Waals surface area contributed by atoms with E-state index in [0.29, 0.717) is 23.3 Å². The highest BCUT2D eigenvalue weighted by Gasteiger charge is 2.17. The zero-order valence-electron chi connectivity index (χ0n) is 12.2. The molecule has 0 spiro atoms. The van der Waals surface area contributed by atoms with E-state index in [1.54, 1.807) is 32.9 Å². The summed E-state index contributed by atoms with van der Waals surface area (Å²) in [5, 5.41) is 0. The zero-order valence-corrected chi connectivity index (χ0v) is 14.6. The molecule has 0 aliphatic carbocycles. The molecule has 0 amide bonds. The third kappa shape index (κ3) is 5.48. The second-order valence-electron chi connectivity index (χ2n) is 4.76. The number of rotatable bonds is 7. The second-order valence-corrected chi connectivity index (χ2v) is 9.74. The van der Waals surface area contributed by atoms with Crippen molar-refractivity contribution in [3.05, 3.63) is 23.3 Å². The number of aryl methyl sites for hydroxylation is 2. The third-order valence-electron chi connectivity index (χ3n) is 2.99. The first-order valence-corrected chi connectivity index (χ1v) is 10.6. The number of hydrogen-bond donors (Lipinski definition) is 0. The summed E-state index contributed by atoms with van der Waals surface area (Å²) in [6, 6.07) is 3.16. The molecule has 0 N–H and O–H groups in total. The molecule has 0 aliphatic heterocycles. The number of benzene rings is 1. The van der Waals surface area contributed by atoms with Gasteiger partial charge >= 0.3 is 0 Å². The van der Waals surface area contributed by atoms with Gasteiger partial charge in [0.1, 0.15) is 15.6 Å². The first-order chi connectivity index (χ1) is 9.57. The summed E-state index contributed by atoms with van der Waals surface area (Å²) in [4.78, 5) is 0.0880. The highest BCUT2D eigenvalue weighted by atomic mass is 35.7. The van der Waals surface area contributed by atoms with Gasteiger partial charge in [-0.2, -0.15) is 0 Å². The molecule has 8 heteroatoms. The van der Waals surface area contributed by atoms with Crippen LogP contribution in [0.25, 0.3) is 0 Å². The van der Waals surface area contributed by atoms with Crippen LogP contribution in [0.5, 0.6) is 5.75 Å². The number of halogens is 1. The molecule has 0 aliphatic rings. The predicted octanol–water partition coefficient (Wildman–Crippen LogP) is 2.43. The molecule has 0 bridgehead atoms. The molecule has 0 heterocycles. The molecule has 5 nitrogen and oxygen atoms in total. The molecule has 0 radical (unpaired) electrons. The van der Waals surface area contributed by atoms with E-state index in [2.05, 4.69) is 0 Å². The van der Waals surface area contributed by atoms with Gasteiger partial charge in [0.25, 0.3) is 9.05 Å². The Balaban J connectivity index is 2.75. The van der Waals surface area contributed by atoms with Crippen LogP contribution in [0.2, 0.25) is 0 Å². The topological polar surface area (TPSA) is 77.5 Å². The Bertz CT molecular complexity index is 685. The van der Waals surface area contributed by atoms with Crippen molar-refractivity contribution >= 4 is 29.6 Å². The quantitative estimate of drug-likeness (QED) is 0.555. The van der Waals surface area contributed by atoms with E-state index in [1.807, 2.05) is 0 Å². The first kappa shape index (κ1) is 18.3. The minimum atomic E-state index is -3.79. The van der Waals surface area contributed by atoms with Gasteiger partial charge in [0.05, 0.1) is 17.3 Å². The van der Waals surface area contributed by atoms with Crippen molar-refractivity contribution in [2.45, 2.75) is 32.1 Å². The van der Waals surface area contributed by atoms with Gasteiger partial charge in [0.2, 0.25) is 0 Å². The number of hydrogen-bond acceptors (Lipinski definition) is 5. The molecule has 0 aromatic heterocycles. The summed E-state index contributed by atoms with van der Waals surface area (Å²) in [6.45, 7) is 5.13. The van der Waals surface area contributed by atoms with Crippen LogP contribution in [-0.4, -0.2) is 34.9 Å². The summed E-state index contributed by atoms with van der Waals surface area (Å²) >= 11 is 0. The summed E-state index contributed by atoms with van der Waals surface area (Å²) in [6.07, 6.45) is 0.393. The van der Waals surface area contributed by atoms with Crippen molar-refractivity contribution in [3.63, 3.8) is 0 Å². The molecular formula is C13H19ClO5S2. The van der Waals surface area contributed by atoms with Crippen molar-refractivity contribution in [2.75, 3.05) is 18.1 Å². The van der Waals surface area contributed by atoms with Gasteiger partial charge < -0.3 is 4.74 Å². The summed E-state index contributed by atoms with van der Waals surface area (Å²) in [5.41, 5.74) is 1.00. The number of sulfone groups is 1. The van der Waals surface area contributed by atoms with E-state index in [1.165, 1.54) is 0 Å². The van der Waals surface area contributed by atoms with Crippen molar-refractivity contribution in [1.29, 1.82) is 0 Å². The molecular weight excluding hydrogens is 336 g/mol. The van der Waals surface area contributed by atoms with Crippen molar-refractivity contribution < 1.29 is 21.6 Å². The van der Waals surface area contributed by atoms with E-state index < -0.39 is 18.9 Å². The SMILES string of the molecule is CCS(=O)(=O)CCCOc1cc(C)c(S(=O)(=O)Cl)c(C)c1. The minimum Gasteiger partial charge on any atom is -0.494 e. The average molecular weight is 355 g/mol. The molecule has 21 heavy (non-hydrogen) atoms. The molecule has 0 fully saturated rings. The maximum atomic E-state index is 11.4. The summed E-state index contributed by atoms with van der Waals surface area (Å²) in [7, 11) is -1.41. The Hall–Kier alpha value is -0.790. The Morgan fingerprint density at radius 2 is 1.62 bits per heavy atom. The van der Waals surface area contributed by atoms with Crippen LogP contribution in [0.3, 0.4) is 0 Å². The van der Waals surface area contributed by atoms with Crippen LogP contribution in [-0.2, 0) is 18.9 Å². The molecule has 1 rings (SSSR count). The maximum Gasteiger partial charge on any atom is 0.261 e. The third-order valence-corrected chi connectivity index (χ3v) is 6.37. The van der Waals surface area contributed by atoms with Gasteiger partial charge in [-0.25, -0.2) is 16.8 Å². The first-order valence-electron chi connectivity index (χ1n) is 6.46. The summed E-state index contributed by atoms with van der Waals surface area (Å²) < 4.78 is 51.0.